The van der Waals surface area contributed by atoms with Crippen LogP contribution in [0.25, 0.3) is 0 Å². The van der Waals surface area contributed by atoms with Crippen molar-refractivity contribution in [3.8, 4) is 0 Å². The minimum atomic E-state index is -4.98. The number of carbonyl (C=O) groups excluding carboxylic acids is 4. The van der Waals surface area contributed by atoms with E-state index >= 15 is 0 Å². The summed E-state index contributed by atoms with van der Waals surface area (Å²) >= 11 is 0. The number of phosphoric acid groups is 2. The first-order valence-electron chi connectivity index (χ1n) is 36.8. The molecule has 0 radical (unpaired) electrons. The Morgan fingerprint density at radius 2 is 0.574 bits per heavy atom. The predicted molar refractivity (Wildman–Crippen MR) is 381 cm³/mol. The van der Waals surface area contributed by atoms with Crippen LogP contribution < -0.4 is 0 Å². The lowest BCUT2D eigenvalue weighted by Crippen LogP contribution is -2.30. The fraction of sp³-hybridized carbons (Fsp3) is 0.760. The Morgan fingerprint density at radius 3 is 0.926 bits per heavy atom. The first-order valence-corrected chi connectivity index (χ1v) is 39.8. The maximum atomic E-state index is 13.0. The van der Waals surface area contributed by atoms with Gasteiger partial charge in [-0.05, 0) is 116 Å². The molecule has 3 N–H and O–H groups in total. The highest BCUT2D eigenvalue weighted by atomic mass is 31.2. The molecule has 0 saturated heterocycles. The number of phosphoric ester groups is 2. The number of allylic oxidation sites excluding steroid dienone is 14. The third kappa shape index (κ3) is 66.8. The van der Waals surface area contributed by atoms with Crippen molar-refractivity contribution in [1.82, 2.24) is 0 Å². The van der Waals surface area contributed by atoms with E-state index in [0.29, 0.717) is 25.7 Å². The predicted octanol–water partition coefficient (Wildman–Crippen LogP) is 20.7. The van der Waals surface area contributed by atoms with Gasteiger partial charge < -0.3 is 33.8 Å². The first kappa shape index (κ1) is 90.2. The zero-order valence-corrected chi connectivity index (χ0v) is 60.9. The molecule has 0 rings (SSSR count). The summed E-state index contributed by atoms with van der Waals surface area (Å²) in [5.74, 6) is -2.23. The summed E-state index contributed by atoms with van der Waals surface area (Å²) < 4.78 is 68.3. The second kappa shape index (κ2) is 67.8. The Hall–Kier alpha value is -3.76. The van der Waals surface area contributed by atoms with E-state index in [2.05, 4.69) is 113 Å². The van der Waals surface area contributed by atoms with Crippen LogP contribution in [0.3, 0.4) is 0 Å². The van der Waals surface area contributed by atoms with Gasteiger partial charge in [0.1, 0.15) is 19.3 Å². The molecule has 5 atom stereocenters. The molecule has 0 aliphatic carbocycles. The van der Waals surface area contributed by atoms with E-state index in [-0.39, 0.29) is 25.7 Å². The number of aliphatic hydroxyl groups excluding tert-OH is 1. The lowest BCUT2D eigenvalue weighted by molar-refractivity contribution is -0.161. The molecule has 94 heavy (non-hydrogen) atoms. The van der Waals surface area contributed by atoms with Gasteiger partial charge in [-0.2, -0.15) is 0 Å². The van der Waals surface area contributed by atoms with E-state index < -0.39 is 97.5 Å². The molecule has 0 aromatic rings. The van der Waals surface area contributed by atoms with Gasteiger partial charge >= 0.3 is 39.5 Å². The Morgan fingerprint density at radius 1 is 0.309 bits per heavy atom. The molecule has 0 spiro atoms. The fourth-order valence-corrected chi connectivity index (χ4v) is 11.3. The van der Waals surface area contributed by atoms with E-state index in [1.807, 2.05) is 0 Å². The van der Waals surface area contributed by atoms with Crippen molar-refractivity contribution >= 4 is 39.5 Å². The quantitative estimate of drug-likeness (QED) is 0.0169. The first-order chi connectivity index (χ1) is 45.7. The van der Waals surface area contributed by atoms with Crippen molar-refractivity contribution in [3.63, 3.8) is 0 Å². The van der Waals surface area contributed by atoms with Crippen LogP contribution in [0, 0.1) is 0 Å². The van der Waals surface area contributed by atoms with E-state index in [0.717, 1.165) is 154 Å². The summed E-state index contributed by atoms with van der Waals surface area (Å²) in [5, 5.41) is 10.6. The number of hydrogen-bond acceptors (Lipinski definition) is 15. The molecule has 19 heteroatoms. The summed E-state index contributed by atoms with van der Waals surface area (Å²) in [4.78, 5) is 72.6. The monoisotopic (exact) mass is 1370 g/mol. The number of rotatable bonds is 69. The standard InChI is InChI=1S/C75H132O17P2/c1-5-9-13-17-21-25-29-32-34-37-41-44-48-52-56-60-73(78)86-66-71(92-75(80)62-58-54-50-46-42-38-35-33-30-26-22-18-14-10-6-2)68-90-94(83,84)88-64-69(76)63-87-93(81,82)89-67-70(91-74(79)61-57-53-49-45-39-28-24-20-16-12-8-4)65-85-72(77)59-55-51-47-43-40-36-31-27-23-19-15-11-7-3/h9,13,15,19,21,25,27,31-35,41,44,69-71,76H,5-8,10-12,14,16-18,20,22-24,26,28-30,36-40,42-43,45-68H2,1-4H3,(H,81,82)(H,83,84)/b13-9-,19-15-,25-21-,31-27-,34-32-,35-33-,44-41-. The fourth-order valence-electron chi connectivity index (χ4n) is 9.71. The highest BCUT2D eigenvalue weighted by Crippen LogP contribution is 2.45. The number of unbranched alkanes of at least 4 members (excludes halogenated alkanes) is 29. The van der Waals surface area contributed by atoms with Crippen LogP contribution >= 0.6 is 15.6 Å². The maximum Gasteiger partial charge on any atom is 0.472 e. The van der Waals surface area contributed by atoms with E-state index in [4.69, 9.17) is 37.0 Å². The van der Waals surface area contributed by atoms with Gasteiger partial charge in [-0.25, -0.2) is 9.13 Å². The molecule has 0 bridgehead atoms. The van der Waals surface area contributed by atoms with Crippen LogP contribution in [-0.4, -0.2) is 96.7 Å². The van der Waals surface area contributed by atoms with Crippen molar-refractivity contribution < 1.29 is 80.2 Å². The van der Waals surface area contributed by atoms with E-state index in [1.165, 1.54) is 77.0 Å². The van der Waals surface area contributed by atoms with Gasteiger partial charge in [0.2, 0.25) is 0 Å². The SMILES string of the molecule is CC/C=C\C/C=C\C/C=C\C/C=C\CCCCC(=O)OCC(COP(=O)(O)OCC(O)COP(=O)(O)OCC(COC(=O)CCCCCCC/C=C\C/C=C\CCC)OC(=O)CCCCCCCCCCCCC)OC(=O)CCCCCCC/C=C\CCCCCCCC. The summed E-state index contributed by atoms with van der Waals surface area (Å²) in [6, 6.07) is 0. The topological polar surface area (TPSA) is 237 Å². The van der Waals surface area contributed by atoms with Crippen LogP contribution in [0.4, 0.5) is 0 Å². The van der Waals surface area contributed by atoms with Gasteiger partial charge in [0.25, 0.3) is 0 Å². The minimum Gasteiger partial charge on any atom is -0.462 e. The zero-order chi connectivity index (χ0) is 69.0. The van der Waals surface area contributed by atoms with E-state index in [9.17, 15) is 43.2 Å². The average molecular weight is 1370 g/mol. The van der Waals surface area contributed by atoms with Crippen molar-refractivity contribution in [2.24, 2.45) is 0 Å². The minimum absolute atomic E-state index is 0.0771. The van der Waals surface area contributed by atoms with Crippen molar-refractivity contribution in [2.45, 2.75) is 329 Å². The molecule has 0 fully saturated rings. The molecule has 0 heterocycles. The highest BCUT2D eigenvalue weighted by molar-refractivity contribution is 7.47. The molecule has 0 aliphatic heterocycles. The Bertz CT molecular complexity index is 2120. The van der Waals surface area contributed by atoms with Gasteiger partial charge in [-0.1, -0.05) is 254 Å². The highest BCUT2D eigenvalue weighted by Gasteiger charge is 2.30. The van der Waals surface area contributed by atoms with Gasteiger partial charge in [-0.15, -0.1) is 0 Å². The Labute approximate surface area is 570 Å². The maximum absolute atomic E-state index is 13.0. The molecule has 5 unspecified atom stereocenters. The second-order valence-electron chi connectivity index (χ2n) is 24.5. The Balaban J connectivity index is 5.36. The smallest absolute Gasteiger partial charge is 0.462 e. The van der Waals surface area contributed by atoms with Crippen molar-refractivity contribution in [1.29, 1.82) is 0 Å². The number of hydrogen-bond donors (Lipinski definition) is 3. The normalized spacial score (nSPS) is 14.5. The molecule has 0 aromatic heterocycles. The van der Waals surface area contributed by atoms with Gasteiger partial charge in [0.15, 0.2) is 12.2 Å². The number of carbonyl (C=O) groups is 4. The molecule has 544 valence electrons. The van der Waals surface area contributed by atoms with Crippen molar-refractivity contribution in [3.05, 3.63) is 85.1 Å². The van der Waals surface area contributed by atoms with Crippen molar-refractivity contribution in [2.75, 3.05) is 39.6 Å². The van der Waals surface area contributed by atoms with Gasteiger partial charge in [0, 0.05) is 25.7 Å². The van der Waals surface area contributed by atoms with Gasteiger partial charge in [0.05, 0.1) is 26.4 Å². The van der Waals surface area contributed by atoms with Crippen LogP contribution in [0.15, 0.2) is 85.1 Å². The molecular weight excluding hydrogens is 1230 g/mol. The average Bonchev–Trinajstić information content (AvgIpc) is 1.36. The largest absolute Gasteiger partial charge is 0.472 e. The molecular formula is C75H132O17P2. The molecule has 0 amide bonds. The number of ether oxygens (including phenoxy) is 4. The third-order valence-corrected chi connectivity index (χ3v) is 17.2. The van der Waals surface area contributed by atoms with Crippen LogP contribution in [-0.2, 0) is 65.4 Å². The zero-order valence-electron chi connectivity index (χ0n) is 59.1. The Kier molecular flexibility index (Phi) is 65.1. The van der Waals surface area contributed by atoms with Crippen LogP contribution in [0.2, 0.25) is 0 Å². The second-order valence-corrected chi connectivity index (χ2v) is 27.4. The summed E-state index contributed by atoms with van der Waals surface area (Å²) in [5.41, 5.74) is 0. The van der Waals surface area contributed by atoms with Crippen LogP contribution in [0.1, 0.15) is 310 Å². The summed E-state index contributed by atoms with van der Waals surface area (Å²) in [6.45, 7) is 4.62. The lowest BCUT2D eigenvalue weighted by atomic mass is 10.1. The number of esters is 4. The third-order valence-electron chi connectivity index (χ3n) is 15.3. The van der Waals surface area contributed by atoms with Gasteiger partial charge in [-0.3, -0.25) is 37.3 Å². The molecule has 17 nitrogen and oxygen atoms in total. The number of aliphatic hydroxyl groups is 1. The summed E-state index contributed by atoms with van der Waals surface area (Å²) in [6.07, 6.45) is 67.3. The molecule has 0 aromatic carbocycles. The van der Waals surface area contributed by atoms with E-state index in [1.54, 1.807) is 0 Å². The molecule has 0 aliphatic rings. The summed E-state index contributed by atoms with van der Waals surface area (Å²) in [7, 11) is -9.95. The molecule has 0 saturated carbocycles. The van der Waals surface area contributed by atoms with Crippen LogP contribution in [0.5, 0.6) is 0 Å². The lowest BCUT2D eigenvalue weighted by Gasteiger charge is -2.21.